The lowest BCUT2D eigenvalue weighted by Gasteiger charge is -2.30. The van der Waals surface area contributed by atoms with E-state index in [-0.39, 0.29) is 28.8 Å². The van der Waals surface area contributed by atoms with Gasteiger partial charge in [-0.2, -0.15) is 0 Å². The molecule has 0 radical (unpaired) electrons. The molecule has 0 aliphatic carbocycles. The van der Waals surface area contributed by atoms with Crippen LogP contribution in [0, 0.1) is 24.0 Å². The van der Waals surface area contributed by atoms with Gasteiger partial charge in [-0.1, -0.05) is 6.07 Å². The maximum Gasteiger partial charge on any atom is 0.296 e. The van der Waals surface area contributed by atoms with E-state index in [1.165, 1.54) is 13.2 Å². The number of nitro groups is 1. The monoisotopic (exact) mass is 507 g/mol. The van der Waals surface area contributed by atoms with Crippen LogP contribution in [0.15, 0.2) is 48.7 Å². The average Bonchev–Trinajstić information content (AvgIpc) is 3.58. The summed E-state index contributed by atoms with van der Waals surface area (Å²) in [6.07, 6.45) is 3.94. The first-order valence-electron chi connectivity index (χ1n) is 12.0. The highest BCUT2D eigenvalue weighted by Gasteiger charge is 2.42. The highest BCUT2D eigenvalue weighted by molar-refractivity contribution is 7.80. The van der Waals surface area contributed by atoms with Gasteiger partial charge in [0.05, 0.1) is 42.0 Å². The summed E-state index contributed by atoms with van der Waals surface area (Å²) in [5.41, 5.74) is 4.22. The van der Waals surface area contributed by atoms with Crippen molar-refractivity contribution in [3.05, 3.63) is 81.4 Å². The third-order valence-electron chi connectivity index (χ3n) is 7.03. The fourth-order valence-electron chi connectivity index (χ4n) is 5.37. The zero-order chi connectivity index (χ0) is 25.4. The van der Waals surface area contributed by atoms with Gasteiger partial charge in [0.1, 0.15) is 11.4 Å². The van der Waals surface area contributed by atoms with Gasteiger partial charge in [-0.15, -0.1) is 0 Å². The summed E-state index contributed by atoms with van der Waals surface area (Å²) in [4.78, 5) is 18.4. The smallest absolute Gasteiger partial charge is 0.296 e. The summed E-state index contributed by atoms with van der Waals surface area (Å²) >= 11 is 5.81. The first-order valence-corrected chi connectivity index (χ1v) is 12.4. The summed E-state index contributed by atoms with van der Waals surface area (Å²) in [6.45, 7) is 5.40. The van der Waals surface area contributed by atoms with Gasteiger partial charge in [0.25, 0.3) is 5.69 Å². The zero-order valence-corrected chi connectivity index (χ0v) is 21.3. The predicted molar refractivity (Wildman–Crippen MR) is 140 cm³/mol. The fraction of sp³-hybridized carbons (Fsp3) is 0.385. The summed E-state index contributed by atoms with van der Waals surface area (Å²) in [6, 6.07) is 12.6. The molecule has 10 heteroatoms. The van der Waals surface area contributed by atoms with E-state index in [0.717, 1.165) is 42.1 Å². The third kappa shape index (κ3) is 4.31. The largest absolute Gasteiger partial charge is 0.496 e. The molecular formula is C26H29N5O4S. The molecule has 9 nitrogen and oxygen atoms in total. The summed E-state index contributed by atoms with van der Waals surface area (Å²) in [7, 11) is 1.50. The summed E-state index contributed by atoms with van der Waals surface area (Å²) in [5.74, 6) is 0.441. The molecule has 0 saturated carbocycles. The second kappa shape index (κ2) is 9.87. The molecule has 1 N–H and O–H groups in total. The van der Waals surface area contributed by atoms with Crippen molar-refractivity contribution in [2.24, 2.45) is 0 Å². The van der Waals surface area contributed by atoms with Crippen LogP contribution in [-0.2, 0) is 4.74 Å². The Morgan fingerprint density at radius 2 is 2.11 bits per heavy atom. The maximum absolute atomic E-state index is 12.0. The number of hydrogen-bond acceptors (Lipinski definition) is 6. The molecule has 2 aliphatic heterocycles. The first-order chi connectivity index (χ1) is 17.4. The number of methoxy groups -OCH3 is 1. The van der Waals surface area contributed by atoms with E-state index in [0.29, 0.717) is 23.1 Å². The van der Waals surface area contributed by atoms with Crippen LogP contribution in [0.2, 0.25) is 0 Å². The number of rotatable bonds is 7. The van der Waals surface area contributed by atoms with Gasteiger partial charge < -0.3 is 24.3 Å². The molecule has 5 rings (SSSR count). The molecule has 0 bridgehead atoms. The molecule has 0 spiro atoms. The molecular weight excluding hydrogens is 478 g/mol. The standard InChI is InChI=1S/C26H29N5O4S/c1-16-13-20(17(2)30(16)22-10-9-18(34-3)14-23(22)31(32)33)25-24(21-8-4-5-11-27-21)28-26(36)29(25)15-19-7-6-12-35-19/h4-5,8-11,13-14,19,24-25H,6-7,12,15H2,1-3H3,(H,28,36)/t19-,24-,25-/m0/s1. The number of nitrogens with one attached hydrogen (secondary N) is 1. The van der Waals surface area contributed by atoms with Crippen LogP contribution < -0.4 is 10.1 Å². The van der Waals surface area contributed by atoms with E-state index in [1.807, 2.05) is 36.6 Å². The number of benzene rings is 1. The number of pyridine rings is 1. The van der Waals surface area contributed by atoms with Crippen molar-refractivity contribution in [2.75, 3.05) is 20.3 Å². The summed E-state index contributed by atoms with van der Waals surface area (Å²) in [5, 5.41) is 16.1. The number of nitro benzene ring substituents is 1. The number of ether oxygens (including phenoxy) is 2. The van der Waals surface area contributed by atoms with Gasteiger partial charge >= 0.3 is 0 Å². The minimum atomic E-state index is -0.372. The van der Waals surface area contributed by atoms with Gasteiger partial charge in [-0.25, -0.2) is 0 Å². The van der Waals surface area contributed by atoms with Crippen LogP contribution in [0.4, 0.5) is 5.69 Å². The Morgan fingerprint density at radius 1 is 1.28 bits per heavy atom. The Kier molecular flexibility index (Phi) is 6.63. The van der Waals surface area contributed by atoms with Gasteiger partial charge in [-0.3, -0.25) is 15.1 Å². The van der Waals surface area contributed by atoms with E-state index in [2.05, 4.69) is 21.3 Å². The SMILES string of the molecule is COc1ccc(-n2c(C)cc([C@H]3[C@H](c4ccccn4)NC(=S)N3C[C@@H]3CCCO3)c2C)c([N+](=O)[O-])c1. The van der Waals surface area contributed by atoms with Crippen LogP contribution >= 0.6 is 12.2 Å². The van der Waals surface area contributed by atoms with Crippen molar-refractivity contribution in [1.82, 2.24) is 19.8 Å². The van der Waals surface area contributed by atoms with E-state index < -0.39 is 0 Å². The molecule has 0 amide bonds. The zero-order valence-electron chi connectivity index (χ0n) is 20.5. The molecule has 4 heterocycles. The van der Waals surface area contributed by atoms with Crippen molar-refractivity contribution < 1.29 is 14.4 Å². The van der Waals surface area contributed by atoms with Crippen molar-refractivity contribution in [1.29, 1.82) is 0 Å². The Hall–Kier alpha value is -3.50. The molecule has 3 aromatic rings. The molecule has 2 aliphatic rings. The number of nitrogens with zero attached hydrogens (tertiary/aromatic N) is 4. The maximum atomic E-state index is 12.0. The van der Waals surface area contributed by atoms with Gasteiger partial charge in [0, 0.05) is 30.7 Å². The highest BCUT2D eigenvalue weighted by Crippen LogP contribution is 2.42. The van der Waals surface area contributed by atoms with Crippen molar-refractivity contribution in [3.8, 4) is 11.4 Å². The normalized spacial score (nSPS) is 21.6. The lowest BCUT2D eigenvalue weighted by Crippen LogP contribution is -2.36. The van der Waals surface area contributed by atoms with Crippen molar-refractivity contribution in [2.45, 2.75) is 44.9 Å². The molecule has 0 unspecified atom stereocenters. The summed E-state index contributed by atoms with van der Waals surface area (Å²) < 4.78 is 13.1. The Balaban J connectivity index is 1.62. The fourth-order valence-corrected chi connectivity index (χ4v) is 5.69. The highest BCUT2D eigenvalue weighted by atomic mass is 32.1. The van der Waals surface area contributed by atoms with Gasteiger partial charge in [-0.05, 0) is 74.8 Å². The molecule has 36 heavy (non-hydrogen) atoms. The van der Waals surface area contributed by atoms with Crippen LogP contribution in [-0.4, -0.2) is 50.9 Å². The van der Waals surface area contributed by atoms with Crippen molar-refractivity contribution >= 4 is 23.0 Å². The topological polar surface area (TPSA) is 94.7 Å². The van der Waals surface area contributed by atoms with Crippen LogP contribution in [0.5, 0.6) is 5.75 Å². The lowest BCUT2D eigenvalue weighted by atomic mass is 9.96. The quantitative estimate of drug-likeness (QED) is 0.283. The Morgan fingerprint density at radius 3 is 2.78 bits per heavy atom. The van der Waals surface area contributed by atoms with Crippen LogP contribution in [0.1, 0.15) is 47.6 Å². The Labute approximate surface area is 215 Å². The van der Waals surface area contributed by atoms with E-state index >= 15 is 0 Å². The predicted octanol–water partition coefficient (Wildman–Crippen LogP) is 4.56. The molecule has 1 aromatic carbocycles. The second-order valence-electron chi connectivity index (χ2n) is 9.19. The molecule has 2 fully saturated rings. The van der Waals surface area contributed by atoms with Crippen molar-refractivity contribution in [3.63, 3.8) is 0 Å². The van der Waals surface area contributed by atoms with E-state index in [4.69, 9.17) is 21.7 Å². The van der Waals surface area contributed by atoms with E-state index in [1.54, 1.807) is 18.3 Å². The number of hydrogen-bond donors (Lipinski definition) is 1. The van der Waals surface area contributed by atoms with E-state index in [9.17, 15) is 10.1 Å². The first kappa shape index (κ1) is 24.2. The van der Waals surface area contributed by atoms with Crippen LogP contribution in [0.25, 0.3) is 5.69 Å². The molecule has 3 atom stereocenters. The lowest BCUT2D eigenvalue weighted by molar-refractivity contribution is -0.384. The second-order valence-corrected chi connectivity index (χ2v) is 9.57. The number of aromatic nitrogens is 2. The van der Waals surface area contributed by atoms with Crippen LogP contribution in [0.3, 0.4) is 0 Å². The number of aryl methyl sites for hydroxylation is 1. The third-order valence-corrected chi connectivity index (χ3v) is 7.38. The van der Waals surface area contributed by atoms with Gasteiger partial charge in [0.15, 0.2) is 5.11 Å². The minimum Gasteiger partial charge on any atom is -0.496 e. The average molecular weight is 508 g/mol. The molecule has 188 valence electrons. The molecule has 2 aromatic heterocycles. The molecule has 2 saturated heterocycles. The minimum absolute atomic E-state index is 0.0137. The Bertz CT molecular complexity index is 1290. The number of thiocarbonyl (C=S) groups is 1. The van der Waals surface area contributed by atoms with Gasteiger partial charge in [0.2, 0.25) is 0 Å².